The molecule has 0 aliphatic carbocycles. The summed E-state index contributed by atoms with van der Waals surface area (Å²) >= 11 is 0. The van der Waals surface area contributed by atoms with Gasteiger partial charge in [0.2, 0.25) is 0 Å². The lowest BCUT2D eigenvalue weighted by atomic mass is 10.2. The predicted octanol–water partition coefficient (Wildman–Crippen LogP) is 2.50. The Morgan fingerprint density at radius 2 is 1.60 bits per heavy atom. The third-order valence-electron chi connectivity index (χ3n) is 3.77. The number of carbonyl (C=O) groups is 3. The third kappa shape index (κ3) is 7.67. The zero-order valence-electron chi connectivity index (χ0n) is 16.8. The van der Waals surface area contributed by atoms with Crippen molar-refractivity contribution in [2.75, 3.05) is 20.3 Å². The van der Waals surface area contributed by atoms with Crippen molar-refractivity contribution >= 4 is 23.9 Å². The lowest BCUT2D eigenvalue weighted by molar-refractivity contribution is -0.128. The van der Waals surface area contributed by atoms with Gasteiger partial charge in [0.15, 0.2) is 6.61 Å². The smallest absolute Gasteiger partial charge is 0.338 e. The number of esters is 1. The first-order valence-electron chi connectivity index (χ1n) is 9.32. The summed E-state index contributed by atoms with van der Waals surface area (Å²) in [6.45, 7) is 1.97. The highest BCUT2D eigenvalue weighted by molar-refractivity contribution is 5.93. The van der Waals surface area contributed by atoms with Crippen LogP contribution in [0, 0.1) is 0 Å². The van der Waals surface area contributed by atoms with E-state index in [1.165, 1.54) is 6.08 Å². The summed E-state index contributed by atoms with van der Waals surface area (Å²) in [5, 5.41) is 0. The minimum absolute atomic E-state index is 0.303. The lowest BCUT2D eigenvalue weighted by Crippen LogP contribution is -2.43. The van der Waals surface area contributed by atoms with Crippen LogP contribution in [0.4, 0.5) is 0 Å². The van der Waals surface area contributed by atoms with Crippen LogP contribution in [-0.4, -0.2) is 38.1 Å². The molecule has 0 heterocycles. The fraction of sp³-hybridized carbons (Fsp3) is 0.227. The summed E-state index contributed by atoms with van der Waals surface area (Å²) in [4.78, 5) is 35.3. The van der Waals surface area contributed by atoms with Gasteiger partial charge in [-0.25, -0.2) is 4.79 Å². The van der Waals surface area contributed by atoms with E-state index in [-0.39, 0.29) is 6.61 Å². The van der Waals surface area contributed by atoms with Crippen LogP contribution < -0.4 is 20.3 Å². The van der Waals surface area contributed by atoms with E-state index in [1.54, 1.807) is 61.7 Å². The number of hydrogen-bond donors (Lipinski definition) is 2. The topological polar surface area (TPSA) is 103 Å². The standard InChI is InChI=1S/C22H24N2O6/c1-3-14-29-22(27)17-7-11-19(12-8-17)30-15-21(26)24-23-20(25)13-6-16-4-9-18(28-2)10-5-16/h4-13H,3,14-15H2,1-2H3,(H,23,25)(H,24,26)/b13-6+. The first kappa shape index (κ1) is 22.5. The van der Waals surface area contributed by atoms with Crippen molar-refractivity contribution in [1.82, 2.24) is 10.9 Å². The average Bonchev–Trinajstić information content (AvgIpc) is 2.79. The average molecular weight is 412 g/mol. The molecular weight excluding hydrogens is 388 g/mol. The van der Waals surface area contributed by atoms with Crippen molar-refractivity contribution in [2.45, 2.75) is 13.3 Å². The number of methoxy groups -OCH3 is 1. The maximum Gasteiger partial charge on any atom is 0.338 e. The molecule has 0 atom stereocenters. The SMILES string of the molecule is CCCOC(=O)c1ccc(OCC(=O)NNC(=O)/C=C/c2ccc(OC)cc2)cc1. The van der Waals surface area contributed by atoms with Gasteiger partial charge in [0, 0.05) is 6.08 Å². The largest absolute Gasteiger partial charge is 0.497 e. The third-order valence-corrected chi connectivity index (χ3v) is 3.77. The molecule has 0 spiro atoms. The van der Waals surface area contributed by atoms with E-state index in [4.69, 9.17) is 14.2 Å². The van der Waals surface area contributed by atoms with Gasteiger partial charge in [0.25, 0.3) is 11.8 Å². The molecule has 2 N–H and O–H groups in total. The monoisotopic (exact) mass is 412 g/mol. The second-order valence-corrected chi connectivity index (χ2v) is 6.09. The lowest BCUT2D eigenvalue weighted by Gasteiger charge is -2.08. The van der Waals surface area contributed by atoms with Crippen molar-refractivity contribution in [2.24, 2.45) is 0 Å². The number of hydrogen-bond acceptors (Lipinski definition) is 6. The van der Waals surface area contributed by atoms with E-state index in [9.17, 15) is 14.4 Å². The van der Waals surface area contributed by atoms with Gasteiger partial charge >= 0.3 is 5.97 Å². The quantitative estimate of drug-likeness (QED) is 0.373. The van der Waals surface area contributed by atoms with Crippen LogP contribution in [0.3, 0.4) is 0 Å². The normalized spacial score (nSPS) is 10.3. The summed E-state index contributed by atoms with van der Waals surface area (Å²) in [6, 6.07) is 13.4. The highest BCUT2D eigenvalue weighted by atomic mass is 16.5. The Hall–Kier alpha value is -3.81. The highest BCUT2D eigenvalue weighted by Gasteiger charge is 2.08. The molecule has 2 aromatic rings. The van der Waals surface area contributed by atoms with Crippen molar-refractivity contribution < 1.29 is 28.6 Å². The van der Waals surface area contributed by atoms with E-state index in [0.717, 1.165) is 17.7 Å². The summed E-state index contributed by atoms with van der Waals surface area (Å²) < 4.78 is 15.4. The Morgan fingerprint density at radius 1 is 0.933 bits per heavy atom. The van der Waals surface area contributed by atoms with Crippen LogP contribution in [0.15, 0.2) is 54.6 Å². The van der Waals surface area contributed by atoms with Crippen LogP contribution >= 0.6 is 0 Å². The van der Waals surface area contributed by atoms with Gasteiger partial charge in [-0.2, -0.15) is 0 Å². The molecule has 0 saturated carbocycles. The maximum absolute atomic E-state index is 11.8. The zero-order chi connectivity index (χ0) is 21.8. The second-order valence-electron chi connectivity index (χ2n) is 6.09. The molecule has 0 fully saturated rings. The molecule has 2 rings (SSSR count). The van der Waals surface area contributed by atoms with Crippen LogP contribution in [0.1, 0.15) is 29.3 Å². The molecule has 0 radical (unpaired) electrons. The van der Waals surface area contributed by atoms with E-state index < -0.39 is 17.8 Å². The Balaban J connectivity index is 1.71. The van der Waals surface area contributed by atoms with Crippen LogP contribution in [0.5, 0.6) is 11.5 Å². The molecule has 8 heteroatoms. The molecule has 0 aliphatic rings. The number of ether oxygens (including phenoxy) is 3. The van der Waals surface area contributed by atoms with Crippen LogP contribution in [-0.2, 0) is 14.3 Å². The Kier molecular flexibility index (Phi) is 8.92. The Morgan fingerprint density at radius 3 is 2.23 bits per heavy atom. The fourth-order valence-corrected chi connectivity index (χ4v) is 2.21. The molecule has 2 amide bonds. The van der Waals surface area contributed by atoms with Gasteiger partial charge in [-0.3, -0.25) is 20.4 Å². The number of nitrogens with one attached hydrogen (secondary N) is 2. The first-order valence-corrected chi connectivity index (χ1v) is 9.32. The van der Waals surface area contributed by atoms with E-state index in [2.05, 4.69) is 10.9 Å². The zero-order valence-corrected chi connectivity index (χ0v) is 16.8. The first-order chi connectivity index (χ1) is 14.5. The summed E-state index contributed by atoms with van der Waals surface area (Å²) in [5.74, 6) is -0.314. The molecule has 30 heavy (non-hydrogen) atoms. The van der Waals surface area contributed by atoms with Crippen molar-refractivity contribution in [3.05, 3.63) is 65.7 Å². The van der Waals surface area contributed by atoms with Crippen molar-refractivity contribution in [1.29, 1.82) is 0 Å². The Labute approximate surface area is 174 Å². The van der Waals surface area contributed by atoms with Crippen LogP contribution in [0.25, 0.3) is 6.08 Å². The maximum atomic E-state index is 11.8. The second kappa shape index (κ2) is 11.9. The molecular formula is C22H24N2O6. The number of hydrazine groups is 1. The van der Waals surface area contributed by atoms with E-state index in [0.29, 0.717) is 17.9 Å². The van der Waals surface area contributed by atoms with Crippen molar-refractivity contribution in [3.8, 4) is 11.5 Å². The van der Waals surface area contributed by atoms with Crippen molar-refractivity contribution in [3.63, 3.8) is 0 Å². The number of rotatable bonds is 9. The summed E-state index contributed by atoms with van der Waals surface area (Å²) in [5.41, 5.74) is 5.72. The van der Waals surface area contributed by atoms with Gasteiger partial charge in [-0.05, 0) is 54.5 Å². The number of amides is 2. The van der Waals surface area contributed by atoms with Gasteiger partial charge in [-0.15, -0.1) is 0 Å². The predicted molar refractivity (Wildman–Crippen MR) is 111 cm³/mol. The molecule has 0 unspecified atom stereocenters. The molecule has 0 aliphatic heterocycles. The molecule has 0 aromatic heterocycles. The molecule has 8 nitrogen and oxygen atoms in total. The molecule has 2 aromatic carbocycles. The fourth-order valence-electron chi connectivity index (χ4n) is 2.21. The van der Waals surface area contributed by atoms with E-state index in [1.807, 2.05) is 6.92 Å². The van der Waals surface area contributed by atoms with Gasteiger partial charge in [0.05, 0.1) is 19.3 Å². The molecule has 0 bridgehead atoms. The van der Waals surface area contributed by atoms with Gasteiger partial charge in [-0.1, -0.05) is 19.1 Å². The van der Waals surface area contributed by atoms with E-state index >= 15 is 0 Å². The minimum Gasteiger partial charge on any atom is -0.497 e. The summed E-state index contributed by atoms with van der Waals surface area (Å²) in [7, 11) is 1.57. The molecule has 0 saturated heterocycles. The minimum atomic E-state index is -0.535. The highest BCUT2D eigenvalue weighted by Crippen LogP contribution is 2.13. The van der Waals surface area contributed by atoms with Gasteiger partial charge < -0.3 is 14.2 Å². The van der Waals surface area contributed by atoms with Crippen LogP contribution in [0.2, 0.25) is 0 Å². The molecule has 158 valence electrons. The number of carbonyl (C=O) groups excluding carboxylic acids is 3. The number of benzene rings is 2. The Bertz CT molecular complexity index is 876. The van der Waals surface area contributed by atoms with Gasteiger partial charge in [0.1, 0.15) is 11.5 Å². The summed E-state index contributed by atoms with van der Waals surface area (Å²) in [6.07, 6.45) is 3.64.